The molecule has 1 saturated heterocycles. The van der Waals surface area contributed by atoms with Crippen LogP contribution in [0.15, 0.2) is 18.7 Å². The molecule has 3 rings (SSSR count). The highest BCUT2D eigenvalue weighted by molar-refractivity contribution is 7.82. The van der Waals surface area contributed by atoms with E-state index in [4.69, 9.17) is 15.5 Å². The van der Waals surface area contributed by atoms with Crippen LogP contribution in [0.1, 0.15) is 12.8 Å². The van der Waals surface area contributed by atoms with Crippen LogP contribution in [0.5, 0.6) is 0 Å². The number of rotatable bonds is 7. The van der Waals surface area contributed by atoms with Crippen LogP contribution in [-0.2, 0) is 21.1 Å². The average molecular weight is 399 g/mol. The number of ketones is 1. The number of nitrogens with two attached hydrogens (primary N) is 1. The molecule has 0 spiro atoms. The predicted molar refractivity (Wildman–Crippen MR) is 83.0 cm³/mol. The second-order valence-electron chi connectivity index (χ2n) is 6.08. The Morgan fingerprint density at radius 3 is 2.32 bits per heavy atom. The van der Waals surface area contributed by atoms with Gasteiger partial charge in [0.1, 0.15) is 6.54 Å². The first kappa shape index (κ1) is 19.2. The van der Waals surface area contributed by atoms with Gasteiger partial charge in [0.05, 0.1) is 12.9 Å². The number of hydrogen-bond donors (Lipinski definition) is 7. The number of fused-ring (bicyclic) bond motifs is 1. The first-order valence-electron chi connectivity index (χ1n) is 7.18. The fraction of sp³-hybridized carbons (Fsp3) is 0.636. The molecule has 8 N–H and O–H groups in total. The highest BCUT2D eigenvalue weighted by atomic mass is 31.3. The van der Waals surface area contributed by atoms with Crippen LogP contribution in [0.3, 0.4) is 0 Å². The van der Waals surface area contributed by atoms with Crippen LogP contribution in [-0.4, -0.2) is 67.5 Å². The summed E-state index contributed by atoms with van der Waals surface area (Å²) >= 11 is 0. The third-order valence-corrected chi connectivity index (χ3v) is 10.4. The maximum atomic E-state index is 12.1. The molecule has 1 aromatic heterocycles. The van der Waals surface area contributed by atoms with Crippen molar-refractivity contribution in [2.75, 3.05) is 6.54 Å². The summed E-state index contributed by atoms with van der Waals surface area (Å²) in [6, 6.07) is 0. The number of nitrogens with zero attached hydrogens (tertiary/aromatic N) is 2. The molecule has 0 radical (unpaired) electrons. The Morgan fingerprint density at radius 1 is 1.28 bits per heavy atom. The fourth-order valence-electron chi connectivity index (χ4n) is 3.21. The summed E-state index contributed by atoms with van der Waals surface area (Å²) < 4.78 is 1.11. The molecular weight excluding hydrogens is 380 g/mol. The van der Waals surface area contributed by atoms with Gasteiger partial charge < -0.3 is 15.4 Å². The number of carbonyl (C=O) groups is 1. The second kappa shape index (κ2) is 5.69. The summed E-state index contributed by atoms with van der Waals surface area (Å²) in [4.78, 5) is 76.4. The fourth-order valence-corrected chi connectivity index (χ4v) is 7.83. The van der Waals surface area contributed by atoms with Gasteiger partial charge in [-0.25, -0.2) is 19.7 Å². The second-order valence-corrected chi connectivity index (χ2v) is 11.0. The van der Waals surface area contributed by atoms with Crippen molar-refractivity contribution in [3.8, 4) is 0 Å². The monoisotopic (exact) mass is 399 g/mol. The maximum absolute atomic E-state index is 12.1. The van der Waals surface area contributed by atoms with E-state index in [-0.39, 0.29) is 12.8 Å². The quantitative estimate of drug-likeness (QED) is 0.194. The zero-order valence-corrected chi connectivity index (χ0v) is 14.6. The van der Waals surface area contributed by atoms with Gasteiger partial charge in [-0.15, -0.1) is 0 Å². The van der Waals surface area contributed by atoms with Crippen molar-refractivity contribution < 1.29 is 44.1 Å². The lowest BCUT2D eigenvalue weighted by Crippen LogP contribution is -2.80. The third-order valence-electron chi connectivity index (χ3n) is 4.84. The highest BCUT2D eigenvalue weighted by Gasteiger charge is 2.97. The molecule has 3 atom stereocenters. The number of aliphatic hydroxyl groups is 1. The Balaban J connectivity index is 2.05. The van der Waals surface area contributed by atoms with E-state index in [1.165, 1.54) is 12.4 Å². The van der Waals surface area contributed by atoms with Gasteiger partial charge in [0.25, 0.3) is 0 Å². The summed E-state index contributed by atoms with van der Waals surface area (Å²) in [5.41, 5.74) is 3.51. The highest BCUT2D eigenvalue weighted by Crippen LogP contribution is 2.89. The summed E-state index contributed by atoms with van der Waals surface area (Å²) in [5, 5.41) is 5.50. The number of hydrogen-bond acceptors (Lipinski definition) is 11. The molecule has 2 unspecified atom stereocenters. The molecular formula is C11H19N3O9P2+2. The molecule has 1 aliphatic carbocycles. The van der Waals surface area contributed by atoms with Gasteiger partial charge in [0.15, 0.2) is 5.78 Å². The normalized spacial score (nSPS) is 31.5. The van der Waals surface area contributed by atoms with Crippen molar-refractivity contribution in [1.29, 1.82) is 0 Å². The Morgan fingerprint density at radius 2 is 1.96 bits per heavy atom. The zero-order valence-electron chi connectivity index (χ0n) is 12.8. The molecule has 0 aromatic carbocycles. The van der Waals surface area contributed by atoms with Gasteiger partial charge in [-0.3, -0.25) is 4.79 Å². The first-order valence-corrected chi connectivity index (χ1v) is 10.5. The van der Waals surface area contributed by atoms with Gasteiger partial charge in [0, 0.05) is 25.2 Å². The molecule has 2 heterocycles. The molecule has 2 fully saturated rings. The lowest BCUT2D eigenvalue weighted by atomic mass is 9.71. The van der Waals surface area contributed by atoms with E-state index >= 15 is 0 Å². The summed E-state index contributed by atoms with van der Waals surface area (Å²) in [7, 11) is -10.2. The van der Waals surface area contributed by atoms with Crippen molar-refractivity contribution in [3.05, 3.63) is 18.7 Å². The van der Waals surface area contributed by atoms with E-state index in [0.717, 1.165) is 10.9 Å². The van der Waals surface area contributed by atoms with Crippen LogP contribution < -0.4 is 5.73 Å². The number of Topliss-reactive ketones (excluding diaryl/α,β-unsaturated/α-hetero) is 1. The van der Waals surface area contributed by atoms with Crippen molar-refractivity contribution >= 4 is 21.4 Å². The van der Waals surface area contributed by atoms with Crippen molar-refractivity contribution in [1.82, 2.24) is 9.55 Å². The smallest absolute Gasteiger partial charge is 0.326 e. The Kier molecular flexibility index (Phi) is 4.36. The van der Waals surface area contributed by atoms with Crippen LogP contribution in [0.4, 0.5) is 0 Å². The van der Waals surface area contributed by atoms with E-state index in [1.54, 1.807) is 0 Å². The lowest BCUT2D eigenvalue weighted by Gasteiger charge is -2.61. The van der Waals surface area contributed by atoms with E-state index in [1.807, 2.05) is 0 Å². The molecule has 1 saturated carbocycles. The molecule has 0 amide bonds. The molecule has 1 aliphatic heterocycles. The lowest BCUT2D eigenvalue weighted by molar-refractivity contribution is -0.546. The third kappa shape index (κ3) is 2.22. The number of imidazole rings is 1. The van der Waals surface area contributed by atoms with E-state index in [2.05, 4.69) is 4.98 Å². The zero-order chi connectivity index (χ0) is 18.7. The van der Waals surface area contributed by atoms with Crippen molar-refractivity contribution in [2.45, 2.75) is 35.4 Å². The van der Waals surface area contributed by atoms with E-state index < -0.39 is 50.6 Å². The van der Waals surface area contributed by atoms with E-state index in [9.17, 15) is 34.4 Å². The molecule has 12 nitrogen and oxygen atoms in total. The minimum Gasteiger partial charge on any atom is -0.326 e. The SMILES string of the molecule is NCC(=O)C12CC[C@]1([P+](O)(O)C(O)(Cn1ccnc1)[P+](O)(O)O)OO2. The Bertz CT molecular complexity index is 669. The molecule has 0 bridgehead atoms. The van der Waals surface area contributed by atoms with E-state index in [0.29, 0.717) is 0 Å². The summed E-state index contributed by atoms with van der Waals surface area (Å²) in [6.45, 7) is -1.30. The first-order chi connectivity index (χ1) is 11.5. The average Bonchev–Trinajstić information content (AvgIpc) is 3.01. The van der Waals surface area contributed by atoms with Crippen LogP contribution in [0.25, 0.3) is 0 Å². The van der Waals surface area contributed by atoms with Gasteiger partial charge in [-0.05, 0) is 0 Å². The standard InChI is InChI=1S/C11H19N3O9P2/c12-5-8(15)9-1-2-10(9,23-22-9)24(17,18)11(16,25(19,20)21)6-14-4-3-13-7-14/h3-4,7,16-21H,1-2,5-6,12H2/q+2/t9?,10-,11?/m1/s1. The number of aromatic nitrogens is 2. The molecule has 1 aromatic rings. The largest absolute Gasteiger partial charge is 0.488 e. The van der Waals surface area contributed by atoms with Crippen LogP contribution in [0, 0.1) is 0 Å². The van der Waals surface area contributed by atoms with Crippen molar-refractivity contribution in [2.24, 2.45) is 5.73 Å². The minimum absolute atomic E-state index is 0.0424. The molecule has 2 aliphatic rings. The predicted octanol–water partition coefficient (Wildman–Crippen LogP) is -2.18. The molecule has 25 heavy (non-hydrogen) atoms. The maximum Gasteiger partial charge on any atom is 0.488 e. The summed E-state index contributed by atoms with van der Waals surface area (Å²) in [5.74, 6) is -0.694. The topological polar surface area (TPSA) is 201 Å². The minimum atomic E-state index is -5.26. The van der Waals surface area contributed by atoms with Crippen LogP contribution in [0.2, 0.25) is 0 Å². The number of carbonyl (C=O) groups excluding carboxylic acids is 1. The summed E-state index contributed by atoms with van der Waals surface area (Å²) in [6.07, 6.45) is 3.69. The Labute approximate surface area is 142 Å². The van der Waals surface area contributed by atoms with Gasteiger partial charge in [0.2, 0.25) is 5.60 Å². The van der Waals surface area contributed by atoms with Gasteiger partial charge in [-0.1, -0.05) is 0 Å². The van der Waals surface area contributed by atoms with Crippen LogP contribution >= 0.6 is 15.7 Å². The van der Waals surface area contributed by atoms with Gasteiger partial charge in [-0.2, -0.15) is 19.6 Å². The van der Waals surface area contributed by atoms with Gasteiger partial charge >= 0.3 is 26.1 Å². The molecule has 140 valence electrons. The molecule has 14 heteroatoms. The Hall–Kier alpha value is -0.620. The van der Waals surface area contributed by atoms with Crippen molar-refractivity contribution in [3.63, 3.8) is 0 Å².